The fraction of sp³-hybridized carbons (Fsp3) is 0.316. The first kappa shape index (κ1) is 18.4. The van der Waals surface area contributed by atoms with E-state index in [1.165, 1.54) is 12.3 Å². The van der Waals surface area contributed by atoms with E-state index in [0.29, 0.717) is 29.4 Å². The summed E-state index contributed by atoms with van der Waals surface area (Å²) < 4.78 is 0. The molecule has 0 aliphatic carbocycles. The van der Waals surface area contributed by atoms with Crippen LogP contribution in [0.2, 0.25) is 5.02 Å². The molecule has 0 radical (unpaired) electrons. The van der Waals surface area contributed by atoms with Crippen LogP contribution >= 0.6 is 11.6 Å². The second-order valence-corrected chi connectivity index (χ2v) is 6.88. The molecule has 0 unspecified atom stereocenters. The number of aryl methyl sites for hydroxylation is 1. The maximum absolute atomic E-state index is 12.7. The molecule has 7 heteroatoms. The van der Waals surface area contributed by atoms with Crippen LogP contribution in [-0.2, 0) is 0 Å². The molecule has 1 saturated heterocycles. The number of nitrogens with zero attached hydrogens (tertiary/aromatic N) is 3. The lowest BCUT2D eigenvalue weighted by molar-refractivity contribution is 0.0664. The van der Waals surface area contributed by atoms with Crippen LogP contribution in [0, 0.1) is 6.92 Å². The molecule has 2 amide bonds. The molecule has 2 heterocycles. The number of anilines is 1. The lowest BCUT2D eigenvalue weighted by atomic mass is 10.1. The summed E-state index contributed by atoms with van der Waals surface area (Å²) in [5.41, 5.74) is 2.19. The molecule has 0 bridgehead atoms. The van der Waals surface area contributed by atoms with Crippen molar-refractivity contribution in [3.05, 3.63) is 58.4 Å². The summed E-state index contributed by atoms with van der Waals surface area (Å²) in [6, 6.07) is 8.46. The van der Waals surface area contributed by atoms with Crippen LogP contribution in [0.5, 0.6) is 0 Å². The Morgan fingerprint density at radius 2 is 1.85 bits per heavy atom. The third kappa shape index (κ3) is 4.20. The van der Waals surface area contributed by atoms with E-state index in [1.54, 1.807) is 23.1 Å². The molecular weight excluding hydrogens is 352 g/mol. The summed E-state index contributed by atoms with van der Waals surface area (Å²) in [5.74, 6) is -0.447. The molecule has 136 valence electrons. The molecule has 3 rings (SSSR count). The van der Waals surface area contributed by atoms with E-state index in [-0.39, 0.29) is 17.5 Å². The molecule has 1 N–H and O–H groups in total. The molecule has 1 aromatic carbocycles. The minimum Gasteiger partial charge on any atom is -0.336 e. The summed E-state index contributed by atoms with van der Waals surface area (Å²) in [5, 5.41) is 3.34. The number of rotatable bonds is 3. The van der Waals surface area contributed by atoms with Crippen LogP contribution in [0.4, 0.5) is 5.69 Å². The Morgan fingerprint density at radius 1 is 1.12 bits per heavy atom. The van der Waals surface area contributed by atoms with Crippen molar-refractivity contribution in [2.75, 3.05) is 38.5 Å². The van der Waals surface area contributed by atoms with Gasteiger partial charge < -0.3 is 15.1 Å². The standard InChI is InChI=1S/C19H21ClN4O2/c1-13-3-4-15(20)12-16(13)22-18(25)17-11-14(5-6-21-17)19(26)24-9-7-23(2)8-10-24/h3-6,11-12H,7-10H2,1-2H3,(H,22,25). The molecule has 1 aromatic heterocycles. The molecule has 1 fully saturated rings. The number of carbonyl (C=O) groups excluding carboxylic acids is 2. The number of hydrogen-bond donors (Lipinski definition) is 1. The van der Waals surface area contributed by atoms with Gasteiger partial charge in [0, 0.05) is 48.6 Å². The van der Waals surface area contributed by atoms with Crippen LogP contribution in [0.25, 0.3) is 0 Å². The van der Waals surface area contributed by atoms with Gasteiger partial charge >= 0.3 is 0 Å². The number of carbonyl (C=O) groups is 2. The smallest absolute Gasteiger partial charge is 0.274 e. The Bertz CT molecular complexity index is 832. The fourth-order valence-electron chi connectivity index (χ4n) is 2.80. The van der Waals surface area contributed by atoms with Crippen molar-refractivity contribution in [2.45, 2.75) is 6.92 Å². The number of aromatic nitrogens is 1. The zero-order valence-corrected chi connectivity index (χ0v) is 15.6. The van der Waals surface area contributed by atoms with Crippen LogP contribution in [0.15, 0.2) is 36.5 Å². The maximum atomic E-state index is 12.7. The summed E-state index contributed by atoms with van der Waals surface area (Å²) in [6.07, 6.45) is 1.49. The molecule has 0 atom stereocenters. The van der Waals surface area contributed by atoms with Gasteiger partial charge in [0.25, 0.3) is 11.8 Å². The SMILES string of the molecule is Cc1ccc(Cl)cc1NC(=O)c1cc(C(=O)N2CCN(C)CC2)ccn1. The number of piperazine rings is 1. The molecular formula is C19H21ClN4O2. The van der Waals surface area contributed by atoms with Crippen molar-refractivity contribution >= 4 is 29.1 Å². The monoisotopic (exact) mass is 372 g/mol. The number of hydrogen-bond acceptors (Lipinski definition) is 4. The zero-order valence-electron chi connectivity index (χ0n) is 14.8. The van der Waals surface area contributed by atoms with E-state index in [9.17, 15) is 9.59 Å². The molecule has 1 aliphatic heterocycles. The van der Waals surface area contributed by atoms with Crippen molar-refractivity contribution < 1.29 is 9.59 Å². The molecule has 26 heavy (non-hydrogen) atoms. The largest absolute Gasteiger partial charge is 0.336 e. The molecule has 0 saturated carbocycles. The number of halogens is 1. The lowest BCUT2D eigenvalue weighted by Gasteiger charge is -2.32. The topological polar surface area (TPSA) is 65.5 Å². The minimum atomic E-state index is -0.372. The molecule has 1 aliphatic rings. The predicted octanol–water partition coefficient (Wildman–Crippen LogP) is 2.68. The quantitative estimate of drug-likeness (QED) is 0.899. The Morgan fingerprint density at radius 3 is 2.58 bits per heavy atom. The Labute approximate surface area is 157 Å². The first-order chi connectivity index (χ1) is 12.4. The highest BCUT2D eigenvalue weighted by atomic mass is 35.5. The van der Waals surface area contributed by atoms with Gasteiger partial charge in [0.15, 0.2) is 0 Å². The maximum Gasteiger partial charge on any atom is 0.274 e. The van der Waals surface area contributed by atoms with E-state index in [1.807, 2.05) is 20.0 Å². The number of likely N-dealkylation sites (N-methyl/N-ethyl adjacent to an activating group) is 1. The minimum absolute atomic E-state index is 0.0755. The van der Waals surface area contributed by atoms with Gasteiger partial charge in [-0.15, -0.1) is 0 Å². The number of nitrogens with one attached hydrogen (secondary N) is 1. The molecule has 2 aromatic rings. The van der Waals surface area contributed by atoms with Crippen molar-refractivity contribution in [3.8, 4) is 0 Å². The van der Waals surface area contributed by atoms with Gasteiger partial charge in [-0.25, -0.2) is 0 Å². The fourth-order valence-corrected chi connectivity index (χ4v) is 2.97. The van der Waals surface area contributed by atoms with Gasteiger partial charge in [-0.3, -0.25) is 14.6 Å². The zero-order chi connectivity index (χ0) is 18.7. The van der Waals surface area contributed by atoms with Gasteiger partial charge in [0.1, 0.15) is 5.69 Å². The van der Waals surface area contributed by atoms with Crippen molar-refractivity contribution in [3.63, 3.8) is 0 Å². The molecule has 0 spiro atoms. The predicted molar refractivity (Wildman–Crippen MR) is 102 cm³/mol. The van der Waals surface area contributed by atoms with Gasteiger partial charge in [-0.2, -0.15) is 0 Å². The highest BCUT2D eigenvalue weighted by Crippen LogP contribution is 2.21. The summed E-state index contributed by atoms with van der Waals surface area (Å²) >= 11 is 5.99. The number of pyridine rings is 1. The van der Waals surface area contributed by atoms with E-state index >= 15 is 0 Å². The lowest BCUT2D eigenvalue weighted by Crippen LogP contribution is -2.47. The summed E-state index contributed by atoms with van der Waals surface area (Å²) in [6.45, 7) is 4.94. The van der Waals surface area contributed by atoms with Gasteiger partial charge in [-0.05, 0) is 43.8 Å². The normalized spacial score (nSPS) is 15.0. The van der Waals surface area contributed by atoms with Gasteiger partial charge in [0.05, 0.1) is 0 Å². The number of benzene rings is 1. The van der Waals surface area contributed by atoms with Crippen molar-refractivity contribution in [2.24, 2.45) is 0 Å². The highest BCUT2D eigenvalue weighted by Gasteiger charge is 2.21. The summed E-state index contributed by atoms with van der Waals surface area (Å²) in [4.78, 5) is 33.3. The first-order valence-corrected chi connectivity index (χ1v) is 8.83. The second-order valence-electron chi connectivity index (χ2n) is 6.44. The van der Waals surface area contributed by atoms with Gasteiger partial charge in [-0.1, -0.05) is 17.7 Å². The van der Waals surface area contributed by atoms with E-state index in [0.717, 1.165) is 18.7 Å². The Hall–Kier alpha value is -2.44. The Balaban J connectivity index is 1.75. The molecule has 6 nitrogen and oxygen atoms in total. The first-order valence-electron chi connectivity index (χ1n) is 8.45. The third-order valence-corrected chi connectivity index (χ3v) is 4.71. The van der Waals surface area contributed by atoms with Crippen LogP contribution in [0.3, 0.4) is 0 Å². The van der Waals surface area contributed by atoms with E-state index in [2.05, 4.69) is 15.2 Å². The van der Waals surface area contributed by atoms with Crippen molar-refractivity contribution in [1.82, 2.24) is 14.8 Å². The average Bonchev–Trinajstić information content (AvgIpc) is 2.65. The average molecular weight is 373 g/mol. The van der Waals surface area contributed by atoms with Crippen LogP contribution in [0.1, 0.15) is 26.4 Å². The van der Waals surface area contributed by atoms with Crippen LogP contribution in [-0.4, -0.2) is 59.8 Å². The highest BCUT2D eigenvalue weighted by molar-refractivity contribution is 6.31. The third-order valence-electron chi connectivity index (χ3n) is 4.48. The second kappa shape index (κ2) is 7.85. The number of amides is 2. The van der Waals surface area contributed by atoms with Crippen LogP contribution < -0.4 is 5.32 Å². The van der Waals surface area contributed by atoms with Gasteiger partial charge in [0.2, 0.25) is 0 Å². The Kier molecular flexibility index (Phi) is 5.54. The van der Waals surface area contributed by atoms with Crippen molar-refractivity contribution in [1.29, 1.82) is 0 Å². The summed E-state index contributed by atoms with van der Waals surface area (Å²) in [7, 11) is 2.04. The van der Waals surface area contributed by atoms with E-state index < -0.39 is 0 Å². The van der Waals surface area contributed by atoms with E-state index in [4.69, 9.17) is 11.6 Å².